The van der Waals surface area contributed by atoms with Crippen molar-refractivity contribution in [2.75, 3.05) is 0 Å². The first-order valence-electron chi connectivity index (χ1n) is 8.57. The van der Waals surface area contributed by atoms with Crippen molar-refractivity contribution in [3.8, 4) is 0 Å². The second-order valence-electron chi connectivity index (χ2n) is 6.08. The number of benzene rings is 3. The number of hydrogen-bond acceptors (Lipinski definition) is 3. The summed E-state index contributed by atoms with van der Waals surface area (Å²) in [5, 5.41) is 14.4. The maximum absolute atomic E-state index is 12.8. The second-order valence-corrected chi connectivity index (χ2v) is 6.52. The molecule has 3 aromatic carbocycles. The van der Waals surface area contributed by atoms with E-state index in [1.165, 1.54) is 12.1 Å². The van der Waals surface area contributed by atoms with Gasteiger partial charge in [0.05, 0.1) is 4.92 Å². The van der Waals surface area contributed by atoms with Crippen LogP contribution in [0.25, 0.3) is 11.6 Å². The third kappa shape index (κ3) is 5.05. The van der Waals surface area contributed by atoms with E-state index < -0.39 is 4.92 Å². The zero-order chi connectivity index (χ0) is 19.9. The van der Waals surface area contributed by atoms with Crippen LogP contribution in [0, 0.1) is 10.1 Å². The first-order valence-corrected chi connectivity index (χ1v) is 8.95. The molecule has 0 heterocycles. The zero-order valence-electron chi connectivity index (χ0n) is 14.8. The Hall–Kier alpha value is -3.44. The largest absolute Gasteiger partial charge is 0.348 e. The van der Waals surface area contributed by atoms with Gasteiger partial charge in [0.2, 0.25) is 0 Å². The van der Waals surface area contributed by atoms with Crippen LogP contribution in [0.2, 0.25) is 5.02 Å². The minimum absolute atomic E-state index is 0.00519. The molecule has 0 aromatic heterocycles. The van der Waals surface area contributed by atoms with Crippen molar-refractivity contribution in [2.24, 2.45) is 0 Å². The summed E-state index contributed by atoms with van der Waals surface area (Å²) in [6.07, 6.45) is 1.72. The van der Waals surface area contributed by atoms with Crippen LogP contribution in [0.5, 0.6) is 0 Å². The van der Waals surface area contributed by atoms with Gasteiger partial charge >= 0.3 is 0 Å². The van der Waals surface area contributed by atoms with Gasteiger partial charge < -0.3 is 5.32 Å². The van der Waals surface area contributed by atoms with Crippen molar-refractivity contribution >= 4 is 34.8 Å². The van der Waals surface area contributed by atoms with Crippen LogP contribution < -0.4 is 5.32 Å². The summed E-state index contributed by atoms with van der Waals surface area (Å²) in [7, 11) is 0. The molecule has 1 N–H and O–H groups in total. The van der Waals surface area contributed by atoms with Crippen LogP contribution in [0.15, 0.2) is 78.9 Å². The van der Waals surface area contributed by atoms with Crippen molar-refractivity contribution in [2.45, 2.75) is 6.54 Å². The number of non-ortho nitro benzene ring substituents is 1. The summed E-state index contributed by atoms with van der Waals surface area (Å²) in [6.45, 7) is 0.362. The van der Waals surface area contributed by atoms with Gasteiger partial charge in [0.1, 0.15) is 0 Å². The summed E-state index contributed by atoms with van der Waals surface area (Å²) < 4.78 is 0. The number of rotatable bonds is 6. The summed E-state index contributed by atoms with van der Waals surface area (Å²) >= 11 is 5.89. The van der Waals surface area contributed by atoms with Crippen molar-refractivity contribution < 1.29 is 9.72 Å². The van der Waals surface area contributed by atoms with Gasteiger partial charge in [-0.3, -0.25) is 14.9 Å². The Morgan fingerprint density at radius 2 is 1.61 bits per heavy atom. The number of hydrogen-bond donors (Lipinski definition) is 1. The third-order valence-corrected chi connectivity index (χ3v) is 4.36. The van der Waals surface area contributed by atoms with Crippen molar-refractivity contribution in [1.82, 2.24) is 5.32 Å². The summed E-state index contributed by atoms with van der Waals surface area (Å²) in [5.74, 6) is -0.237. The van der Waals surface area contributed by atoms with Gasteiger partial charge in [-0.05, 0) is 47.0 Å². The fourth-order valence-corrected chi connectivity index (χ4v) is 2.76. The lowest BCUT2D eigenvalue weighted by molar-refractivity contribution is -0.384. The number of nitrogens with one attached hydrogen (secondary N) is 1. The van der Waals surface area contributed by atoms with Gasteiger partial charge in [-0.2, -0.15) is 0 Å². The van der Waals surface area contributed by atoms with E-state index in [2.05, 4.69) is 5.32 Å². The Labute approximate surface area is 167 Å². The molecule has 0 aliphatic rings. The first kappa shape index (κ1) is 19.3. The molecule has 1 amide bonds. The summed E-state index contributed by atoms with van der Waals surface area (Å²) in [5.41, 5.74) is 2.87. The molecule has 0 atom stereocenters. The Bertz CT molecular complexity index is 998. The average Bonchev–Trinajstić information content (AvgIpc) is 2.72. The first-order chi connectivity index (χ1) is 13.5. The van der Waals surface area contributed by atoms with Crippen LogP contribution in [0.1, 0.15) is 16.7 Å². The Morgan fingerprint density at radius 3 is 2.21 bits per heavy atom. The quantitative estimate of drug-likeness (QED) is 0.274. The molecule has 0 unspecified atom stereocenters. The minimum Gasteiger partial charge on any atom is -0.348 e. The Kier molecular flexibility index (Phi) is 6.19. The number of carbonyl (C=O) groups is 1. The van der Waals surface area contributed by atoms with Crippen LogP contribution in [0.3, 0.4) is 0 Å². The van der Waals surface area contributed by atoms with Crippen LogP contribution >= 0.6 is 11.6 Å². The molecule has 140 valence electrons. The van der Waals surface area contributed by atoms with Gasteiger partial charge in [-0.1, -0.05) is 54.1 Å². The number of carbonyl (C=O) groups excluding carboxylic acids is 1. The minimum atomic E-state index is -0.454. The third-order valence-electron chi connectivity index (χ3n) is 4.11. The number of nitro groups is 1. The summed E-state index contributed by atoms with van der Waals surface area (Å²) in [4.78, 5) is 23.2. The van der Waals surface area contributed by atoms with Gasteiger partial charge in [0, 0.05) is 29.3 Å². The lowest BCUT2D eigenvalue weighted by Crippen LogP contribution is -2.23. The second kappa shape index (κ2) is 8.97. The number of nitro benzene ring substituents is 1. The van der Waals surface area contributed by atoms with E-state index in [4.69, 9.17) is 11.6 Å². The Morgan fingerprint density at radius 1 is 0.964 bits per heavy atom. The maximum Gasteiger partial charge on any atom is 0.269 e. The van der Waals surface area contributed by atoms with Crippen LogP contribution in [-0.2, 0) is 11.3 Å². The highest BCUT2D eigenvalue weighted by molar-refractivity contribution is 6.30. The molecule has 0 radical (unpaired) electrons. The monoisotopic (exact) mass is 392 g/mol. The lowest BCUT2D eigenvalue weighted by Gasteiger charge is -2.10. The number of amides is 1. The standard InChI is InChI=1S/C22H17ClN2O3/c23-19-10-6-17(7-11-19)15-24-22(26)21(18-4-2-1-3-5-18)14-16-8-12-20(13-9-16)25(27)28/h1-14H,15H2,(H,24,26)/b21-14+. The highest BCUT2D eigenvalue weighted by Crippen LogP contribution is 2.21. The van der Waals surface area contributed by atoms with Crippen molar-refractivity contribution in [3.63, 3.8) is 0 Å². The van der Waals surface area contributed by atoms with Gasteiger partial charge in [0.15, 0.2) is 0 Å². The maximum atomic E-state index is 12.8. The summed E-state index contributed by atoms with van der Waals surface area (Å²) in [6, 6.07) is 22.6. The predicted molar refractivity (Wildman–Crippen MR) is 111 cm³/mol. The highest BCUT2D eigenvalue weighted by Gasteiger charge is 2.12. The molecule has 0 aliphatic carbocycles. The van der Waals surface area contributed by atoms with E-state index in [1.807, 2.05) is 42.5 Å². The normalized spacial score (nSPS) is 11.1. The molecule has 0 spiro atoms. The fraction of sp³-hybridized carbons (Fsp3) is 0.0455. The molecule has 6 heteroatoms. The van der Waals surface area contributed by atoms with Gasteiger partial charge in [-0.25, -0.2) is 0 Å². The fourth-order valence-electron chi connectivity index (χ4n) is 2.64. The molecule has 5 nitrogen and oxygen atoms in total. The van der Waals surface area contributed by atoms with E-state index in [0.29, 0.717) is 22.7 Å². The van der Waals surface area contributed by atoms with E-state index in [9.17, 15) is 14.9 Å². The topological polar surface area (TPSA) is 72.2 Å². The molecular formula is C22H17ClN2O3. The Balaban J connectivity index is 1.85. The molecule has 0 saturated heterocycles. The zero-order valence-corrected chi connectivity index (χ0v) is 15.6. The molecule has 28 heavy (non-hydrogen) atoms. The van der Waals surface area contributed by atoms with Crippen LogP contribution in [-0.4, -0.2) is 10.8 Å². The highest BCUT2D eigenvalue weighted by atomic mass is 35.5. The van der Waals surface area contributed by atoms with E-state index in [1.54, 1.807) is 30.3 Å². The smallest absolute Gasteiger partial charge is 0.269 e. The van der Waals surface area contributed by atoms with E-state index in [0.717, 1.165) is 11.1 Å². The van der Waals surface area contributed by atoms with Crippen molar-refractivity contribution in [3.05, 3.63) is 111 Å². The van der Waals surface area contributed by atoms with Crippen molar-refractivity contribution in [1.29, 1.82) is 0 Å². The van der Waals surface area contributed by atoms with E-state index >= 15 is 0 Å². The number of nitrogens with zero attached hydrogens (tertiary/aromatic N) is 1. The molecular weight excluding hydrogens is 376 g/mol. The molecule has 0 bridgehead atoms. The molecule has 3 aromatic rings. The van der Waals surface area contributed by atoms with Gasteiger partial charge in [-0.15, -0.1) is 0 Å². The molecule has 0 fully saturated rings. The van der Waals surface area contributed by atoms with Gasteiger partial charge in [0.25, 0.3) is 11.6 Å². The SMILES string of the molecule is O=C(NCc1ccc(Cl)cc1)/C(=C/c1ccc([N+](=O)[O-])cc1)c1ccccc1. The van der Waals surface area contributed by atoms with Crippen LogP contribution in [0.4, 0.5) is 5.69 Å². The predicted octanol–water partition coefficient (Wildman–Crippen LogP) is 5.11. The molecule has 0 aliphatic heterocycles. The molecule has 3 rings (SSSR count). The number of halogens is 1. The van der Waals surface area contributed by atoms with E-state index in [-0.39, 0.29) is 11.6 Å². The lowest BCUT2D eigenvalue weighted by atomic mass is 10.0. The molecule has 0 saturated carbocycles. The average molecular weight is 393 g/mol.